The number of hydrogen-bond donors (Lipinski definition) is 2. The summed E-state index contributed by atoms with van der Waals surface area (Å²) in [6.45, 7) is 0. The summed E-state index contributed by atoms with van der Waals surface area (Å²) >= 11 is 1.81. The van der Waals surface area contributed by atoms with Gasteiger partial charge in [-0.05, 0) is 80.9 Å². The quantitative estimate of drug-likeness (QED) is 0.337. The zero-order valence-electron chi connectivity index (χ0n) is 22.2. The van der Waals surface area contributed by atoms with Crippen molar-refractivity contribution in [3.05, 3.63) is 88.1 Å². The topological polar surface area (TPSA) is 85.2 Å². The zero-order chi connectivity index (χ0) is 27.0. The largest absolute Gasteiger partial charge is 0.353 e. The summed E-state index contributed by atoms with van der Waals surface area (Å²) in [6.07, 6.45) is 5.08. The van der Waals surface area contributed by atoms with Crippen LogP contribution in [0.3, 0.4) is 0 Å². The van der Waals surface area contributed by atoms with E-state index in [9.17, 15) is 14.9 Å². The van der Waals surface area contributed by atoms with Crippen molar-refractivity contribution in [1.29, 1.82) is 5.26 Å². The Morgan fingerprint density at radius 1 is 0.974 bits per heavy atom. The van der Waals surface area contributed by atoms with Gasteiger partial charge in [0.1, 0.15) is 0 Å². The van der Waals surface area contributed by atoms with E-state index in [1.54, 1.807) is 0 Å². The van der Waals surface area contributed by atoms with E-state index in [4.69, 9.17) is 0 Å². The first kappa shape index (κ1) is 27.6. The second kappa shape index (κ2) is 12.9. The number of benzene rings is 2. The van der Waals surface area contributed by atoms with Crippen LogP contribution in [-0.4, -0.2) is 36.9 Å². The number of hydrogen-bond acceptors (Lipinski definition) is 5. The number of nitrogens with zero attached hydrogens (tertiary/aromatic N) is 2. The second-order valence-corrected chi connectivity index (χ2v) is 11.2. The molecule has 1 aromatic heterocycles. The van der Waals surface area contributed by atoms with Crippen LogP contribution in [0.1, 0.15) is 66.9 Å². The van der Waals surface area contributed by atoms with Crippen LogP contribution < -0.4 is 10.6 Å². The van der Waals surface area contributed by atoms with Crippen LogP contribution in [0.5, 0.6) is 0 Å². The highest BCUT2D eigenvalue weighted by Crippen LogP contribution is 2.43. The first-order valence-electron chi connectivity index (χ1n) is 13.3. The summed E-state index contributed by atoms with van der Waals surface area (Å²) in [5.41, 5.74) is 2.57. The number of amides is 2. The number of carbonyl (C=O) groups is 2. The molecule has 3 aromatic rings. The number of rotatable bonds is 10. The Hall–Kier alpha value is -3.47. The van der Waals surface area contributed by atoms with Crippen molar-refractivity contribution in [3.63, 3.8) is 0 Å². The lowest BCUT2D eigenvalue weighted by atomic mass is 9.77. The van der Waals surface area contributed by atoms with Gasteiger partial charge in [0.05, 0.1) is 17.5 Å². The lowest BCUT2D eigenvalue weighted by molar-refractivity contribution is -0.122. The van der Waals surface area contributed by atoms with Gasteiger partial charge < -0.3 is 10.6 Å². The molecule has 1 heterocycles. The number of carbonyl (C=O) groups excluding carboxylic acids is 2. The predicted octanol–water partition coefficient (Wildman–Crippen LogP) is 6.03. The molecule has 0 saturated heterocycles. The maximum Gasteiger partial charge on any atom is 0.224 e. The van der Waals surface area contributed by atoms with Crippen LogP contribution in [0, 0.1) is 11.3 Å². The van der Waals surface area contributed by atoms with Gasteiger partial charge in [-0.25, -0.2) is 0 Å². The van der Waals surface area contributed by atoms with E-state index in [-0.39, 0.29) is 35.7 Å². The van der Waals surface area contributed by atoms with E-state index in [2.05, 4.69) is 53.2 Å². The third kappa shape index (κ3) is 6.69. The van der Waals surface area contributed by atoms with Gasteiger partial charge in [0, 0.05) is 29.4 Å². The number of anilines is 1. The SMILES string of the molecule is CN(C)C1(c2cccs2)CCC(NC(=O)CCCC(=O)Nc2ccc(C(C#N)c3ccccc3)cc2)CC1. The number of nitriles is 1. The monoisotopic (exact) mass is 528 g/mol. The highest BCUT2D eigenvalue weighted by Gasteiger charge is 2.39. The van der Waals surface area contributed by atoms with E-state index < -0.39 is 0 Å². The summed E-state index contributed by atoms with van der Waals surface area (Å²) in [4.78, 5) is 28.7. The molecule has 1 unspecified atom stereocenters. The number of nitrogens with one attached hydrogen (secondary N) is 2. The van der Waals surface area contributed by atoms with Gasteiger partial charge in [0.15, 0.2) is 0 Å². The Morgan fingerprint density at radius 2 is 1.63 bits per heavy atom. The molecule has 38 heavy (non-hydrogen) atoms. The van der Waals surface area contributed by atoms with Crippen LogP contribution in [0.2, 0.25) is 0 Å². The molecular formula is C31H36N4O2S. The molecule has 1 aliphatic rings. The van der Waals surface area contributed by atoms with Crippen molar-refractivity contribution in [3.8, 4) is 6.07 Å². The minimum absolute atomic E-state index is 0.0177. The third-order valence-electron chi connectivity index (χ3n) is 7.61. The molecule has 1 saturated carbocycles. The van der Waals surface area contributed by atoms with Crippen LogP contribution >= 0.6 is 11.3 Å². The summed E-state index contributed by atoms with van der Waals surface area (Å²) in [6, 6.07) is 23.9. The van der Waals surface area contributed by atoms with Crippen LogP contribution in [0.4, 0.5) is 5.69 Å². The summed E-state index contributed by atoms with van der Waals surface area (Å²) in [5, 5.41) is 17.8. The van der Waals surface area contributed by atoms with E-state index in [1.807, 2.05) is 65.9 Å². The summed E-state index contributed by atoms with van der Waals surface area (Å²) in [7, 11) is 4.29. The molecule has 1 atom stereocenters. The fourth-order valence-electron chi connectivity index (χ4n) is 5.38. The minimum atomic E-state index is -0.348. The van der Waals surface area contributed by atoms with Crippen molar-refractivity contribution in [2.24, 2.45) is 0 Å². The van der Waals surface area contributed by atoms with Crippen LogP contribution in [-0.2, 0) is 15.1 Å². The maximum atomic E-state index is 12.5. The number of thiophene rings is 1. The maximum absolute atomic E-state index is 12.5. The Morgan fingerprint density at radius 3 is 2.24 bits per heavy atom. The van der Waals surface area contributed by atoms with Gasteiger partial charge in [-0.2, -0.15) is 5.26 Å². The van der Waals surface area contributed by atoms with Crippen molar-refractivity contribution >= 4 is 28.8 Å². The van der Waals surface area contributed by atoms with Gasteiger partial charge in [0.2, 0.25) is 11.8 Å². The van der Waals surface area contributed by atoms with E-state index >= 15 is 0 Å². The van der Waals surface area contributed by atoms with E-state index in [0.717, 1.165) is 36.8 Å². The highest BCUT2D eigenvalue weighted by atomic mass is 32.1. The molecule has 198 valence electrons. The van der Waals surface area contributed by atoms with E-state index in [0.29, 0.717) is 18.5 Å². The lowest BCUT2D eigenvalue weighted by Crippen LogP contribution is -2.48. The third-order valence-corrected chi connectivity index (χ3v) is 8.67. The first-order chi connectivity index (χ1) is 18.4. The fraction of sp³-hybridized carbons (Fsp3) is 0.387. The molecule has 1 aliphatic carbocycles. The van der Waals surface area contributed by atoms with Crippen LogP contribution in [0.15, 0.2) is 72.1 Å². The Kier molecular flexibility index (Phi) is 9.33. The molecule has 7 heteroatoms. The van der Waals surface area contributed by atoms with Gasteiger partial charge in [0.25, 0.3) is 0 Å². The summed E-state index contributed by atoms with van der Waals surface area (Å²) in [5.74, 6) is -0.447. The minimum Gasteiger partial charge on any atom is -0.353 e. The molecule has 0 bridgehead atoms. The van der Waals surface area contributed by atoms with Crippen molar-refractivity contribution < 1.29 is 9.59 Å². The zero-order valence-corrected chi connectivity index (χ0v) is 23.0. The van der Waals surface area contributed by atoms with E-state index in [1.165, 1.54) is 4.88 Å². The molecule has 1 fully saturated rings. The molecular weight excluding hydrogens is 492 g/mol. The van der Waals surface area contributed by atoms with Gasteiger partial charge in [-0.3, -0.25) is 14.5 Å². The smallest absolute Gasteiger partial charge is 0.224 e. The molecule has 0 aliphatic heterocycles. The molecule has 0 radical (unpaired) electrons. The normalized spacial score (nSPS) is 19.9. The molecule has 4 rings (SSSR count). The average Bonchev–Trinajstić information content (AvgIpc) is 3.47. The lowest BCUT2D eigenvalue weighted by Gasteiger charge is -2.44. The predicted molar refractivity (Wildman–Crippen MR) is 153 cm³/mol. The molecule has 2 amide bonds. The molecule has 0 spiro atoms. The Balaban J connectivity index is 1.18. The van der Waals surface area contributed by atoms with Crippen LogP contribution in [0.25, 0.3) is 0 Å². The van der Waals surface area contributed by atoms with Crippen molar-refractivity contribution in [1.82, 2.24) is 10.2 Å². The molecule has 6 nitrogen and oxygen atoms in total. The van der Waals surface area contributed by atoms with Gasteiger partial charge >= 0.3 is 0 Å². The second-order valence-electron chi connectivity index (χ2n) is 10.2. The van der Waals surface area contributed by atoms with Crippen molar-refractivity contribution in [2.45, 2.75) is 62.4 Å². The fourth-order valence-corrected chi connectivity index (χ4v) is 6.44. The highest BCUT2D eigenvalue weighted by molar-refractivity contribution is 7.10. The molecule has 2 N–H and O–H groups in total. The molecule has 2 aromatic carbocycles. The van der Waals surface area contributed by atoms with Gasteiger partial charge in [-0.15, -0.1) is 11.3 Å². The average molecular weight is 529 g/mol. The first-order valence-corrected chi connectivity index (χ1v) is 14.1. The summed E-state index contributed by atoms with van der Waals surface area (Å²) < 4.78 is 0. The Labute approximate surface area is 229 Å². The van der Waals surface area contributed by atoms with Gasteiger partial charge in [-0.1, -0.05) is 48.5 Å². The Bertz CT molecular complexity index is 1230. The standard InChI is InChI=1S/C31H36N4O2S/c1-35(2)31(28-10-7-21-38-28)19-17-26(18-20-31)34-30(37)12-6-11-29(36)33-25-15-13-24(14-16-25)27(22-32)23-8-4-3-5-9-23/h3-5,7-10,13-16,21,26-27H,6,11-12,17-20H2,1-2H3,(H,33,36)(H,34,37). The van der Waals surface area contributed by atoms with Crippen molar-refractivity contribution in [2.75, 3.05) is 19.4 Å².